The summed E-state index contributed by atoms with van der Waals surface area (Å²) >= 11 is 1.20. The molecule has 6 nitrogen and oxygen atoms in total. The minimum absolute atomic E-state index is 0.152. The summed E-state index contributed by atoms with van der Waals surface area (Å²) in [5.41, 5.74) is 0. The molecule has 1 aromatic heterocycles. The van der Waals surface area contributed by atoms with E-state index in [9.17, 15) is 10.0 Å². The Morgan fingerprint density at radius 2 is 2.04 bits per heavy atom. The zero-order valence-corrected chi connectivity index (χ0v) is 13.1. The molecule has 1 aliphatic rings. The molecular weight excluding hydrogens is 316 g/mol. The summed E-state index contributed by atoms with van der Waals surface area (Å²) in [6, 6.07) is 12.5. The lowest BCUT2D eigenvalue weighted by molar-refractivity contribution is -0.645. The molecule has 1 aliphatic heterocycles. The van der Waals surface area contributed by atoms with E-state index < -0.39 is 0 Å². The van der Waals surface area contributed by atoms with Crippen molar-refractivity contribution in [2.45, 2.75) is 11.1 Å². The van der Waals surface area contributed by atoms with E-state index in [1.165, 1.54) is 18.0 Å². The van der Waals surface area contributed by atoms with Gasteiger partial charge in [0.2, 0.25) is 5.91 Å². The van der Waals surface area contributed by atoms with E-state index in [2.05, 4.69) is 5.32 Å². The molecule has 1 aromatic carbocycles. The van der Waals surface area contributed by atoms with Gasteiger partial charge in [-0.15, -0.1) is 0 Å². The number of carbonyl (C=O) groups is 1. The number of rotatable bonds is 5. The Balaban J connectivity index is 1.44. The molecule has 0 unspecified atom stereocenters. The molecule has 0 aliphatic carbocycles. The monoisotopic (exact) mass is 332 g/mol. The zero-order valence-electron chi connectivity index (χ0n) is 12.3. The highest BCUT2D eigenvalue weighted by atomic mass is 32.2. The van der Waals surface area contributed by atoms with Gasteiger partial charge in [0.15, 0.2) is 17.7 Å². The van der Waals surface area contributed by atoms with E-state index in [0.717, 1.165) is 10.5 Å². The van der Waals surface area contributed by atoms with Crippen molar-refractivity contribution < 1.29 is 19.0 Å². The lowest BCUT2D eigenvalue weighted by Gasteiger charge is -2.26. The first-order valence-corrected chi connectivity index (χ1v) is 8.17. The fourth-order valence-electron chi connectivity index (χ4n) is 2.11. The van der Waals surface area contributed by atoms with E-state index in [0.29, 0.717) is 23.9 Å². The van der Waals surface area contributed by atoms with E-state index in [4.69, 9.17) is 9.47 Å². The molecule has 7 heteroatoms. The van der Waals surface area contributed by atoms with Crippen molar-refractivity contribution in [2.24, 2.45) is 0 Å². The van der Waals surface area contributed by atoms with Crippen molar-refractivity contribution in [3.8, 4) is 11.5 Å². The molecule has 0 fully saturated rings. The highest BCUT2D eigenvalue weighted by molar-refractivity contribution is 7.99. The van der Waals surface area contributed by atoms with Crippen LogP contribution in [-0.2, 0) is 4.79 Å². The molecular formula is C16H16N2O4S. The minimum atomic E-state index is -0.222. The third kappa shape index (κ3) is 4.07. The van der Waals surface area contributed by atoms with Gasteiger partial charge in [-0.1, -0.05) is 12.1 Å². The number of benzene rings is 1. The van der Waals surface area contributed by atoms with Crippen molar-refractivity contribution in [1.82, 2.24) is 5.32 Å². The second-order valence-electron chi connectivity index (χ2n) is 4.96. The first kappa shape index (κ1) is 15.5. The van der Waals surface area contributed by atoms with Crippen LogP contribution in [0.25, 0.3) is 0 Å². The van der Waals surface area contributed by atoms with Crippen LogP contribution in [0.2, 0.25) is 0 Å². The van der Waals surface area contributed by atoms with Crippen LogP contribution in [0.5, 0.6) is 11.5 Å². The van der Waals surface area contributed by atoms with Crippen LogP contribution in [0.1, 0.15) is 0 Å². The molecule has 1 N–H and O–H groups in total. The van der Waals surface area contributed by atoms with Gasteiger partial charge in [-0.3, -0.25) is 4.79 Å². The van der Waals surface area contributed by atoms with Gasteiger partial charge in [-0.2, -0.15) is 4.73 Å². The van der Waals surface area contributed by atoms with Crippen LogP contribution >= 0.6 is 11.8 Å². The Morgan fingerprint density at radius 1 is 1.26 bits per heavy atom. The second-order valence-corrected chi connectivity index (χ2v) is 5.95. The summed E-state index contributed by atoms with van der Waals surface area (Å²) in [6.45, 7) is 0.754. The van der Waals surface area contributed by atoms with Crippen LogP contribution in [0, 0.1) is 5.21 Å². The maximum Gasteiger partial charge on any atom is 0.251 e. The van der Waals surface area contributed by atoms with Gasteiger partial charge in [-0.05, 0) is 30.0 Å². The maximum atomic E-state index is 11.9. The van der Waals surface area contributed by atoms with Gasteiger partial charge in [0.05, 0.1) is 12.3 Å². The third-order valence-corrected chi connectivity index (χ3v) is 4.25. The van der Waals surface area contributed by atoms with E-state index in [-0.39, 0.29) is 17.8 Å². The topological polar surface area (TPSA) is 74.5 Å². The molecule has 0 saturated carbocycles. The fourth-order valence-corrected chi connectivity index (χ4v) is 2.85. The molecule has 2 aromatic rings. The lowest BCUT2D eigenvalue weighted by atomic mass is 10.2. The summed E-state index contributed by atoms with van der Waals surface area (Å²) in [5, 5.41) is 14.8. The molecule has 2 heterocycles. The van der Waals surface area contributed by atoms with Crippen molar-refractivity contribution in [3.05, 3.63) is 53.9 Å². The molecule has 1 atom stereocenters. The van der Waals surface area contributed by atoms with Crippen LogP contribution in [0.4, 0.5) is 0 Å². The summed E-state index contributed by atoms with van der Waals surface area (Å²) in [4.78, 5) is 11.9. The number of thioether (sulfide) groups is 1. The molecule has 0 bridgehead atoms. The number of nitrogens with one attached hydrogen (secondary N) is 1. The van der Waals surface area contributed by atoms with Crippen molar-refractivity contribution >= 4 is 17.7 Å². The summed E-state index contributed by atoms with van der Waals surface area (Å²) in [7, 11) is 0. The van der Waals surface area contributed by atoms with E-state index in [1.807, 2.05) is 24.3 Å². The quantitative estimate of drug-likeness (QED) is 0.508. The minimum Gasteiger partial charge on any atom is -0.618 e. The molecule has 0 spiro atoms. The molecule has 1 amide bonds. The number of fused-ring (bicyclic) bond motifs is 1. The first-order valence-electron chi connectivity index (χ1n) is 7.18. The summed E-state index contributed by atoms with van der Waals surface area (Å²) in [5.74, 6) is 1.43. The smallest absolute Gasteiger partial charge is 0.251 e. The molecule has 23 heavy (non-hydrogen) atoms. The maximum absolute atomic E-state index is 11.9. The van der Waals surface area contributed by atoms with Crippen LogP contribution in [0.3, 0.4) is 0 Å². The predicted octanol–water partition coefficient (Wildman–Crippen LogP) is 1.37. The largest absolute Gasteiger partial charge is 0.618 e. The predicted molar refractivity (Wildman–Crippen MR) is 85.5 cm³/mol. The third-order valence-electron chi connectivity index (χ3n) is 3.23. The SMILES string of the molecule is O=C(CSc1cccc[n+]1[O-])NC[C@@H]1COc2ccccc2O1. The average Bonchev–Trinajstić information content (AvgIpc) is 2.59. The standard InChI is InChI=1S/C16H16N2O4S/c19-15(11-23-16-7-3-4-8-18(16)20)17-9-12-10-21-13-5-1-2-6-14(13)22-12/h1-8,12H,9-11H2,(H,17,19)/t12-/m1/s1. The number of nitrogens with zero attached hydrogens (tertiary/aromatic N) is 1. The molecule has 120 valence electrons. The molecule has 0 saturated heterocycles. The Hall–Kier alpha value is -2.41. The summed E-state index contributed by atoms with van der Waals surface area (Å²) < 4.78 is 12.1. The zero-order chi connectivity index (χ0) is 16.1. The Labute approximate surface area is 138 Å². The van der Waals surface area contributed by atoms with Gasteiger partial charge < -0.3 is 20.0 Å². The van der Waals surface area contributed by atoms with Gasteiger partial charge in [0, 0.05) is 12.1 Å². The lowest BCUT2D eigenvalue weighted by Crippen LogP contribution is -2.41. The van der Waals surface area contributed by atoms with Crippen molar-refractivity contribution in [3.63, 3.8) is 0 Å². The summed E-state index contributed by atoms with van der Waals surface area (Å²) in [6.07, 6.45) is 1.19. The molecule has 3 rings (SSSR count). The number of pyridine rings is 1. The number of aromatic nitrogens is 1. The number of carbonyl (C=O) groups excluding carboxylic acids is 1. The Bertz CT molecular complexity index is 695. The fraction of sp³-hybridized carbons (Fsp3) is 0.250. The van der Waals surface area contributed by atoms with Gasteiger partial charge in [-0.25, -0.2) is 0 Å². The Morgan fingerprint density at radius 3 is 2.87 bits per heavy atom. The number of amides is 1. The van der Waals surface area contributed by atoms with Crippen LogP contribution < -0.4 is 19.5 Å². The van der Waals surface area contributed by atoms with Gasteiger partial charge in [0.1, 0.15) is 12.7 Å². The van der Waals surface area contributed by atoms with E-state index >= 15 is 0 Å². The van der Waals surface area contributed by atoms with Crippen molar-refractivity contribution in [1.29, 1.82) is 0 Å². The van der Waals surface area contributed by atoms with Gasteiger partial charge >= 0.3 is 0 Å². The number of para-hydroxylation sites is 2. The average molecular weight is 332 g/mol. The molecule has 0 radical (unpaired) electrons. The highest BCUT2D eigenvalue weighted by Gasteiger charge is 2.21. The number of hydrogen-bond acceptors (Lipinski definition) is 5. The van der Waals surface area contributed by atoms with Crippen molar-refractivity contribution in [2.75, 3.05) is 18.9 Å². The number of hydrogen-bond donors (Lipinski definition) is 1. The van der Waals surface area contributed by atoms with Gasteiger partial charge in [0.25, 0.3) is 5.03 Å². The number of ether oxygens (including phenoxy) is 2. The highest BCUT2D eigenvalue weighted by Crippen LogP contribution is 2.30. The first-order chi connectivity index (χ1) is 11.2. The second kappa shape index (κ2) is 7.23. The normalized spacial score (nSPS) is 15.9. The van der Waals surface area contributed by atoms with Crippen LogP contribution in [0.15, 0.2) is 53.7 Å². The van der Waals surface area contributed by atoms with E-state index in [1.54, 1.807) is 18.2 Å². The Kier molecular flexibility index (Phi) is 4.87. The van der Waals surface area contributed by atoms with Crippen LogP contribution in [-0.4, -0.2) is 30.9 Å².